The SMILES string of the molecule is CCC[C@H](C)C1CCC(/C=C(\C)[C@H](C[C@@H]2CCC(C)C(O)(C(=O)C(=O)N3CCCC4C3C(=O)O[C@@H](CC(=O)[C@H](C)/C=C(\C)C(O)[C@@H](OC)C(C)=O)[C@H]4C[C@@H]3CCC(O)[C@H](OC)C3)O2)OC)ON1c1ccccc1. The number of methoxy groups -OCH3 is 3. The molecule has 4 saturated heterocycles. The molecule has 0 spiro atoms. The van der Waals surface area contributed by atoms with E-state index in [4.69, 9.17) is 28.5 Å². The van der Waals surface area contributed by atoms with E-state index < -0.39 is 95.9 Å². The van der Waals surface area contributed by atoms with Crippen molar-refractivity contribution in [2.24, 2.45) is 35.5 Å². The number of piperidine rings is 1. The van der Waals surface area contributed by atoms with Crippen molar-refractivity contribution in [1.82, 2.24) is 4.90 Å². The van der Waals surface area contributed by atoms with Gasteiger partial charge in [0.1, 0.15) is 36.2 Å². The van der Waals surface area contributed by atoms with E-state index in [1.54, 1.807) is 41.1 Å². The fourth-order valence-electron chi connectivity index (χ4n) is 12.6. The van der Waals surface area contributed by atoms with Gasteiger partial charge in [0.2, 0.25) is 5.79 Å². The van der Waals surface area contributed by atoms with Gasteiger partial charge in [0.05, 0.1) is 36.1 Å². The highest BCUT2D eigenvalue weighted by atomic mass is 16.7. The highest BCUT2D eigenvalue weighted by molar-refractivity contribution is 6.39. The number of Topliss-reactive ketones (excluding diaryl/α,β-unsaturated/α-hetero) is 3. The molecule has 4 aliphatic heterocycles. The van der Waals surface area contributed by atoms with Crippen LogP contribution in [-0.2, 0) is 52.5 Å². The summed E-state index contributed by atoms with van der Waals surface area (Å²) in [6.45, 7) is 12.9. The molecule has 0 bridgehead atoms. The Morgan fingerprint density at radius 1 is 0.945 bits per heavy atom. The molecule has 0 aromatic heterocycles. The summed E-state index contributed by atoms with van der Waals surface area (Å²) in [5.41, 5.74) is 2.32. The van der Waals surface area contributed by atoms with Crippen LogP contribution in [0.1, 0.15) is 138 Å². The monoisotopic (exact) mass is 1020 g/mol. The zero-order valence-electron chi connectivity index (χ0n) is 45.1. The lowest BCUT2D eigenvalue weighted by atomic mass is 9.68. The minimum Gasteiger partial charge on any atom is -0.460 e. The number of anilines is 1. The largest absolute Gasteiger partial charge is 0.460 e. The van der Waals surface area contributed by atoms with Gasteiger partial charge in [-0.25, -0.2) is 4.79 Å². The van der Waals surface area contributed by atoms with Gasteiger partial charge in [0, 0.05) is 58.5 Å². The first kappa shape index (κ1) is 58.4. The molecular formula is C57H86N2O14. The second-order valence-corrected chi connectivity index (χ2v) is 22.1. The lowest BCUT2D eigenvalue weighted by Gasteiger charge is -2.50. The van der Waals surface area contributed by atoms with E-state index in [2.05, 4.69) is 37.1 Å². The van der Waals surface area contributed by atoms with E-state index in [0.29, 0.717) is 69.3 Å². The molecule has 1 aromatic rings. The van der Waals surface area contributed by atoms with Crippen molar-refractivity contribution in [3.8, 4) is 0 Å². The number of hydrogen-bond donors (Lipinski definition) is 3. The van der Waals surface area contributed by atoms with Crippen molar-refractivity contribution in [1.29, 1.82) is 0 Å². The number of ketones is 3. The fourth-order valence-corrected chi connectivity index (χ4v) is 12.6. The number of para-hydroxylation sites is 1. The molecule has 17 atom stereocenters. The Hall–Kier alpha value is -3.87. The van der Waals surface area contributed by atoms with Crippen LogP contribution in [0, 0.1) is 35.5 Å². The van der Waals surface area contributed by atoms with Crippen molar-refractivity contribution in [3.05, 3.63) is 53.6 Å². The summed E-state index contributed by atoms with van der Waals surface area (Å²) in [6.07, 6.45) is 6.48. The first-order chi connectivity index (χ1) is 34.8. The van der Waals surface area contributed by atoms with Crippen molar-refractivity contribution >= 4 is 34.9 Å². The Labute approximate surface area is 433 Å². The Morgan fingerprint density at radius 3 is 2.33 bits per heavy atom. The maximum Gasteiger partial charge on any atom is 0.329 e. The van der Waals surface area contributed by atoms with Gasteiger partial charge < -0.3 is 43.9 Å². The predicted octanol–water partition coefficient (Wildman–Crippen LogP) is 7.04. The first-order valence-corrected chi connectivity index (χ1v) is 27.1. The number of aliphatic hydroxyl groups excluding tert-OH is 2. The molecule has 16 nitrogen and oxygen atoms in total. The molecule has 5 aliphatic rings. The number of likely N-dealkylation sites (tertiary alicyclic amines) is 1. The van der Waals surface area contributed by atoms with Gasteiger partial charge >= 0.3 is 5.97 Å². The van der Waals surface area contributed by atoms with Crippen LogP contribution in [0.4, 0.5) is 5.69 Å². The Balaban J connectivity index is 1.17. The molecular weight excluding hydrogens is 937 g/mol. The number of fused-ring (bicyclic) bond motifs is 1. The van der Waals surface area contributed by atoms with Gasteiger partial charge in [0.15, 0.2) is 5.78 Å². The predicted molar refractivity (Wildman–Crippen MR) is 274 cm³/mol. The molecule has 1 aromatic carbocycles. The van der Waals surface area contributed by atoms with Gasteiger partial charge in [-0.3, -0.25) is 29.1 Å². The number of rotatable bonds is 22. The van der Waals surface area contributed by atoms with Gasteiger partial charge in [-0.15, -0.1) is 0 Å². The van der Waals surface area contributed by atoms with Crippen LogP contribution in [0.3, 0.4) is 0 Å². The molecule has 8 unspecified atom stereocenters. The van der Waals surface area contributed by atoms with Crippen molar-refractivity contribution in [3.63, 3.8) is 0 Å². The number of cyclic esters (lactones) is 1. The van der Waals surface area contributed by atoms with Crippen LogP contribution in [-0.4, -0.2) is 144 Å². The minimum absolute atomic E-state index is 0.0443. The third-order valence-electron chi connectivity index (χ3n) is 17.0. The third kappa shape index (κ3) is 13.8. The van der Waals surface area contributed by atoms with Crippen LogP contribution < -0.4 is 5.06 Å². The molecule has 73 heavy (non-hydrogen) atoms. The number of ether oxygens (including phenoxy) is 5. The molecule has 408 valence electrons. The highest BCUT2D eigenvalue weighted by Crippen LogP contribution is 2.45. The number of hydrogen-bond acceptors (Lipinski definition) is 15. The lowest BCUT2D eigenvalue weighted by molar-refractivity contribution is -0.266. The molecule has 1 saturated carbocycles. The maximum absolute atomic E-state index is 14.6. The number of benzene rings is 1. The molecule has 5 fully saturated rings. The smallest absolute Gasteiger partial charge is 0.329 e. The van der Waals surface area contributed by atoms with Gasteiger partial charge in [-0.2, -0.15) is 0 Å². The summed E-state index contributed by atoms with van der Waals surface area (Å²) in [5.74, 6) is -7.81. The summed E-state index contributed by atoms with van der Waals surface area (Å²) in [4.78, 5) is 77.6. The van der Waals surface area contributed by atoms with E-state index in [1.807, 2.05) is 25.1 Å². The minimum atomic E-state index is -2.47. The van der Waals surface area contributed by atoms with E-state index in [-0.39, 0.29) is 42.6 Å². The fraction of sp³-hybridized carbons (Fsp3) is 0.737. The van der Waals surface area contributed by atoms with Crippen LogP contribution in [0.2, 0.25) is 0 Å². The maximum atomic E-state index is 14.6. The van der Waals surface area contributed by atoms with Crippen LogP contribution in [0.5, 0.6) is 0 Å². The molecule has 0 radical (unpaired) electrons. The molecule has 4 heterocycles. The average Bonchev–Trinajstić information content (AvgIpc) is 3.37. The number of hydroxylamine groups is 1. The number of nitrogens with zero attached hydrogens (tertiary/aromatic N) is 2. The Morgan fingerprint density at radius 2 is 1.67 bits per heavy atom. The highest BCUT2D eigenvalue weighted by Gasteiger charge is 2.57. The Kier molecular flexibility index (Phi) is 21.0. The lowest BCUT2D eigenvalue weighted by Crippen LogP contribution is -2.65. The summed E-state index contributed by atoms with van der Waals surface area (Å²) in [7, 11) is 4.51. The second kappa shape index (κ2) is 26.3. The van der Waals surface area contributed by atoms with Crippen LogP contribution in [0.25, 0.3) is 0 Å². The van der Waals surface area contributed by atoms with E-state index in [0.717, 1.165) is 36.9 Å². The summed E-state index contributed by atoms with van der Waals surface area (Å²) >= 11 is 0. The number of amides is 1. The Bertz CT molecular complexity index is 2100. The molecule has 1 aliphatic carbocycles. The topological polar surface area (TPSA) is 208 Å². The average molecular weight is 1020 g/mol. The van der Waals surface area contributed by atoms with Crippen molar-refractivity contribution in [2.45, 2.75) is 205 Å². The number of carbonyl (C=O) groups is 5. The number of aliphatic hydroxyl groups is 3. The molecule has 3 N–H and O–H groups in total. The van der Waals surface area contributed by atoms with Gasteiger partial charge in [0.25, 0.3) is 11.7 Å². The quantitative estimate of drug-likeness (QED) is 0.0605. The van der Waals surface area contributed by atoms with Gasteiger partial charge in [-0.05, 0) is 132 Å². The standard InChI is InChI=1S/C57H86N2O14/c1-11-16-33(2)45-24-23-42(73-59(45)40-17-13-12-14-18-40)28-35(4)48(68-8)31-41-22-20-37(6)57(67,72-41)54(64)55(65)58-26-15-19-43-44(29-39-21-25-46(61)50(30-39)69-9)49(71-56(66)51(43)58)32-47(62)34(3)27-36(5)52(63)53(70-10)38(7)60/h12-14,17-18,27-28,33-34,37,39,41-46,48-53,61,63,67H,11,15-16,19-26,29-32H2,1-10H3/b35-28+,36-27+/t33-,34+,37?,39-,41-,42?,43?,44-,45?,46?,48-,49-,50+,51?,52?,53-,57?/m0/s1. The number of allylic oxidation sites excluding steroid dienone is 1. The van der Waals surface area contributed by atoms with E-state index in [9.17, 15) is 39.3 Å². The molecule has 1 amide bonds. The third-order valence-corrected chi connectivity index (χ3v) is 17.0. The van der Waals surface area contributed by atoms with Crippen molar-refractivity contribution < 1.29 is 67.8 Å². The normalized spacial score (nSPS) is 33.4. The summed E-state index contributed by atoms with van der Waals surface area (Å²) in [5, 5.41) is 35.8. The van der Waals surface area contributed by atoms with Gasteiger partial charge in [-0.1, -0.05) is 64.5 Å². The summed E-state index contributed by atoms with van der Waals surface area (Å²) in [6, 6.07) is 9.25. The van der Waals surface area contributed by atoms with Crippen LogP contribution >= 0.6 is 0 Å². The zero-order chi connectivity index (χ0) is 53.3. The van der Waals surface area contributed by atoms with E-state index in [1.165, 1.54) is 18.9 Å². The van der Waals surface area contributed by atoms with Crippen molar-refractivity contribution in [2.75, 3.05) is 32.9 Å². The van der Waals surface area contributed by atoms with E-state index >= 15 is 0 Å². The first-order valence-electron chi connectivity index (χ1n) is 27.1. The summed E-state index contributed by atoms with van der Waals surface area (Å²) < 4.78 is 29.4. The molecule has 6 rings (SSSR count). The molecule has 16 heteroatoms. The second-order valence-electron chi connectivity index (χ2n) is 22.1. The number of carbonyl (C=O) groups excluding carboxylic acids is 5. The number of esters is 1. The van der Waals surface area contributed by atoms with Crippen LogP contribution in [0.15, 0.2) is 53.6 Å². The zero-order valence-corrected chi connectivity index (χ0v) is 45.1.